The first-order valence-electron chi connectivity index (χ1n) is 4.73. The number of rotatable bonds is 4. The average molecular weight is 306 g/mol. The Labute approximate surface area is 105 Å². The first kappa shape index (κ1) is 13.6. The number of nitro benzene ring substituents is 1. The van der Waals surface area contributed by atoms with Crippen molar-refractivity contribution < 1.29 is 18.8 Å². The molecule has 5 nitrogen and oxygen atoms in total. The molecule has 0 aliphatic carbocycles. The number of hydrogen-bond acceptors (Lipinski definition) is 4. The van der Waals surface area contributed by atoms with E-state index in [9.17, 15) is 19.3 Å². The van der Waals surface area contributed by atoms with Crippen molar-refractivity contribution in [2.75, 3.05) is 6.61 Å². The number of halogens is 2. The molecule has 0 spiro atoms. The van der Waals surface area contributed by atoms with Crippen molar-refractivity contribution in [3.63, 3.8) is 0 Å². The van der Waals surface area contributed by atoms with E-state index in [-0.39, 0.29) is 28.8 Å². The summed E-state index contributed by atoms with van der Waals surface area (Å²) in [5, 5.41) is 10.6. The number of carbonyl (C=O) groups is 1. The third-order valence-corrected chi connectivity index (χ3v) is 2.52. The first-order chi connectivity index (χ1) is 7.95. The van der Waals surface area contributed by atoms with E-state index in [0.29, 0.717) is 0 Å². The molecule has 1 aromatic rings. The predicted octanol–water partition coefficient (Wildman–Crippen LogP) is 2.60. The second-order valence-corrected chi connectivity index (χ2v) is 3.99. The number of non-ortho nitro benzene ring substituents is 1. The molecule has 0 atom stereocenters. The zero-order chi connectivity index (χ0) is 13.0. The van der Waals surface area contributed by atoms with Crippen LogP contribution < -0.4 is 0 Å². The van der Waals surface area contributed by atoms with Gasteiger partial charge in [-0.15, -0.1) is 0 Å². The van der Waals surface area contributed by atoms with Crippen LogP contribution >= 0.6 is 15.9 Å². The van der Waals surface area contributed by atoms with E-state index in [1.807, 2.05) is 0 Å². The van der Waals surface area contributed by atoms with Gasteiger partial charge in [-0.1, -0.05) is 0 Å². The van der Waals surface area contributed by atoms with Crippen LogP contribution in [-0.2, 0) is 16.0 Å². The summed E-state index contributed by atoms with van der Waals surface area (Å²) < 4.78 is 18.2. The fourth-order valence-electron chi connectivity index (χ4n) is 1.23. The summed E-state index contributed by atoms with van der Waals surface area (Å²) in [5.41, 5.74) is -0.345. The normalized spacial score (nSPS) is 10.1. The van der Waals surface area contributed by atoms with Gasteiger partial charge in [-0.05, 0) is 22.9 Å². The van der Waals surface area contributed by atoms with Gasteiger partial charge in [-0.3, -0.25) is 14.9 Å². The topological polar surface area (TPSA) is 69.4 Å². The Balaban J connectivity index is 3.05. The van der Waals surface area contributed by atoms with Crippen molar-refractivity contribution in [1.29, 1.82) is 0 Å². The summed E-state index contributed by atoms with van der Waals surface area (Å²) in [6.45, 7) is 1.80. The SMILES string of the molecule is CCOC(=O)Cc1cc([N+](=O)[O-])cc(Br)c1F. The molecule has 92 valence electrons. The van der Waals surface area contributed by atoms with Crippen LogP contribution in [0.3, 0.4) is 0 Å². The van der Waals surface area contributed by atoms with Crippen LogP contribution in [-0.4, -0.2) is 17.5 Å². The molecule has 17 heavy (non-hydrogen) atoms. The van der Waals surface area contributed by atoms with Crippen LogP contribution in [0.1, 0.15) is 12.5 Å². The van der Waals surface area contributed by atoms with E-state index in [0.717, 1.165) is 12.1 Å². The van der Waals surface area contributed by atoms with Gasteiger partial charge in [0, 0.05) is 17.7 Å². The average Bonchev–Trinajstić information content (AvgIpc) is 2.24. The molecule has 7 heteroatoms. The molecule has 0 aliphatic rings. The molecule has 0 N–H and O–H groups in total. The summed E-state index contributed by atoms with van der Waals surface area (Å²) in [5.74, 6) is -1.32. The summed E-state index contributed by atoms with van der Waals surface area (Å²) >= 11 is 2.86. The van der Waals surface area contributed by atoms with Gasteiger partial charge in [0.2, 0.25) is 0 Å². The van der Waals surface area contributed by atoms with Crippen LogP contribution in [0.15, 0.2) is 16.6 Å². The van der Waals surface area contributed by atoms with Crippen LogP contribution in [0.2, 0.25) is 0 Å². The summed E-state index contributed by atoms with van der Waals surface area (Å²) in [6.07, 6.45) is -0.333. The molecular formula is C10H9BrFNO4. The number of nitro groups is 1. The smallest absolute Gasteiger partial charge is 0.310 e. The van der Waals surface area contributed by atoms with E-state index in [2.05, 4.69) is 20.7 Å². The van der Waals surface area contributed by atoms with Crippen LogP contribution in [0.4, 0.5) is 10.1 Å². The third-order valence-electron chi connectivity index (χ3n) is 1.94. The highest BCUT2D eigenvalue weighted by molar-refractivity contribution is 9.10. The van der Waals surface area contributed by atoms with Crippen molar-refractivity contribution in [1.82, 2.24) is 0 Å². The highest BCUT2D eigenvalue weighted by atomic mass is 79.9. The van der Waals surface area contributed by atoms with Gasteiger partial charge >= 0.3 is 5.97 Å². The number of benzene rings is 1. The quantitative estimate of drug-likeness (QED) is 0.487. The van der Waals surface area contributed by atoms with Gasteiger partial charge in [0.1, 0.15) is 5.82 Å². The van der Waals surface area contributed by atoms with Crippen LogP contribution in [0.5, 0.6) is 0 Å². The maximum absolute atomic E-state index is 13.6. The van der Waals surface area contributed by atoms with Crippen molar-refractivity contribution >= 4 is 27.6 Å². The summed E-state index contributed by atoms with van der Waals surface area (Å²) in [6, 6.07) is 2.07. The monoisotopic (exact) mass is 305 g/mol. The Morgan fingerprint density at radius 2 is 2.24 bits per heavy atom. The molecule has 0 saturated carbocycles. The van der Waals surface area contributed by atoms with Gasteiger partial charge in [0.05, 0.1) is 22.4 Å². The molecular weight excluding hydrogens is 297 g/mol. The lowest BCUT2D eigenvalue weighted by Gasteiger charge is -2.05. The molecule has 1 rings (SSSR count). The van der Waals surface area contributed by atoms with E-state index in [1.165, 1.54) is 0 Å². The van der Waals surface area contributed by atoms with Crippen molar-refractivity contribution in [2.24, 2.45) is 0 Å². The first-order valence-corrected chi connectivity index (χ1v) is 5.53. The molecule has 0 fully saturated rings. The van der Waals surface area contributed by atoms with E-state index in [1.54, 1.807) is 6.92 Å². The molecule has 0 heterocycles. The van der Waals surface area contributed by atoms with E-state index >= 15 is 0 Å². The Morgan fingerprint density at radius 3 is 2.76 bits per heavy atom. The third kappa shape index (κ3) is 3.48. The van der Waals surface area contributed by atoms with E-state index in [4.69, 9.17) is 0 Å². The fraction of sp³-hybridized carbons (Fsp3) is 0.300. The second kappa shape index (κ2) is 5.72. The van der Waals surface area contributed by atoms with Crippen molar-refractivity contribution in [2.45, 2.75) is 13.3 Å². The lowest BCUT2D eigenvalue weighted by atomic mass is 10.1. The highest BCUT2D eigenvalue weighted by Gasteiger charge is 2.17. The minimum atomic E-state index is -0.691. The zero-order valence-corrected chi connectivity index (χ0v) is 10.5. The van der Waals surface area contributed by atoms with E-state index < -0.39 is 16.7 Å². The minimum absolute atomic E-state index is 0.0500. The zero-order valence-electron chi connectivity index (χ0n) is 8.91. The molecule has 1 aromatic carbocycles. The summed E-state index contributed by atoms with van der Waals surface area (Å²) in [7, 11) is 0. The Kier molecular flexibility index (Phi) is 4.56. The molecule has 0 radical (unpaired) electrons. The number of ether oxygens (including phenoxy) is 1. The molecule has 0 bridgehead atoms. The van der Waals surface area contributed by atoms with Gasteiger partial charge < -0.3 is 4.74 Å². The Hall–Kier alpha value is -1.50. The van der Waals surface area contributed by atoms with Crippen LogP contribution in [0.25, 0.3) is 0 Å². The number of carbonyl (C=O) groups excluding carboxylic acids is 1. The summed E-state index contributed by atoms with van der Waals surface area (Å²) in [4.78, 5) is 21.1. The molecule has 0 unspecified atom stereocenters. The van der Waals surface area contributed by atoms with Gasteiger partial charge in [-0.2, -0.15) is 0 Å². The van der Waals surface area contributed by atoms with Gasteiger partial charge in [0.15, 0.2) is 0 Å². The lowest BCUT2D eigenvalue weighted by molar-refractivity contribution is -0.385. The number of esters is 1. The predicted molar refractivity (Wildman–Crippen MR) is 61.1 cm³/mol. The second-order valence-electron chi connectivity index (χ2n) is 3.14. The Bertz CT molecular complexity index is 464. The fourth-order valence-corrected chi connectivity index (χ4v) is 1.72. The van der Waals surface area contributed by atoms with Crippen LogP contribution in [0, 0.1) is 15.9 Å². The molecule has 0 saturated heterocycles. The molecule has 0 aromatic heterocycles. The largest absolute Gasteiger partial charge is 0.466 e. The van der Waals surface area contributed by atoms with Crippen molar-refractivity contribution in [3.05, 3.63) is 38.1 Å². The maximum Gasteiger partial charge on any atom is 0.310 e. The minimum Gasteiger partial charge on any atom is -0.466 e. The van der Waals surface area contributed by atoms with Gasteiger partial charge in [0.25, 0.3) is 5.69 Å². The molecule has 0 aliphatic heterocycles. The maximum atomic E-state index is 13.6. The van der Waals surface area contributed by atoms with Gasteiger partial charge in [-0.25, -0.2) is 4.39 Å². The number of hydrogen-bond donors (Lipinski definition) is 0. The highest BCUT2D eigenvalue weighted by Crippen LogP contribution is 2.26. The van der Waals surface area contributed by atoms with Crippen molar-refractivity contribution in [3.8, 4) is 0 Å². The number of nitrogens with zero attached hydrogens (tertiary/aromatic N) is 1. The standard InChI is InChI=1S/C10H9BrFNO4/c1-2-17-9(14)4-6-3-7(13(15)16)5-8(11)10(6)12/h3,5H,2,4H2,1H3. The molecule has 0 amide bonds. The Morgan fingerprint density at radius 1 is 1.59 bits per heavy atom. The lowest BCUT2D eigenvalue weighted by Crippen LogP contribution is -2.09.